The topological polar surface area (TPSA) is 29.5 Å². The Balaban J connectivity index is 1.58. The molecule has 2 saturated carbocycles. The summed E-state index contributed by atoms with van der Waals surface area (Å²) in [5.74, 6) is 0.510. The molecule has 0 bridgehead atoms. The van der Waals surface area contributed by atoms with E-state index in [0.29, 0.717) is 16.7 Å². The highest BCUT2D eigenvalue weighted by molar-refractivity contribution is 5.72. The minimum absolute atomic E-state index is 0.160. The van der Waals surface area contributed by atoms with E-state index in [1.165, 1.54) is 44.2 Å². The Kier molecular flexibility index (Phi) is 3.24. The van der Waals surface area contributed by atoms with Crippen LogP contribution in [0.3, 0.4) is 0 Å². The summed E-state index contributed by atoms with van der Waals surface area (Å²) in [7, 11) is 0. The molecule has 2 spiro atoms. The summed E-state index contributed by atoms with van der Waals surface area (Å²) < 4.78 is 5.68. The zero-order valence-electron chi connectivity index (χ0n) is 14.7. The second-order valence-electron chi connectivity index (χ2n) is 9.24. The smallest absolute Gasteiger partial charge is 0.414 e. The van der Waals surface area contributed by atoms with E-state index in [2.05, 4.69) is 18.2 Å². The second-order valence-corrected chi connectivity index (χ2v) is 9.24. The van der Waals surface area contributed by atoms with Gasteiger partial charge in [0.15, 0.2) is 0 Å². The first-order valence-corrected chi connectivity index (χ1v) is 9.20. The molecule has 3 fully saturated rings. The van der Waals surface area contributed by atoms with Gasteiger partial charge in [-0.3, -0.25) is 4.90 Å². The van der Waals surface area contributed by atoms with Crippen LogP contribution in [0.1, 0.15) is 65.7 Å². The fourth-order valence-corrected chi connectivity index (χ4v) is 4.92. The van der Waals surface area contributed by atoms with Gasteiger partial charge in [0.05, 0.1) is 0 Å². The molecule has 3 nitrogen and oxygen atoms in total. The Labute approximate surface area is 139 Å². The first-order chi connectivity index (χ1) is 10.8. The predicted molar refractivity (Wildman–Crippen MR) is 90.8 cm³/mol. The molecular formula is C20H29NO2. The Morgan fingerprint density at radius 3 is 2.43 bits per heavy atom. The van der Waals surface area contributed by atoms with E-state index in [9.17, 15) is 4.79 Å². The molecule has 3 aliphatic carbocycles. The molecule has 4 aliphatic rings. The standard InChI is InChI=1S/C20H29NO2/c1-18(2,3)23-17(22)21-14-20(15-6-4-5-7-16(15)21)12-10-19(8-9-19)11-13-20/h4-5,7,15H,6,8-14H2,1-3H3. The maximum atomic E-state index is 12.7. The van der Waals surface area contributed by atoms with Gasteiger partial charge in [0.1, 0.15) is 5.60 Å². The van der Waals surface area contributed by atoms with Crippen molar-refractivity contribution in [3.63, 3.8) is 0 Å². The first-order valence-electron chi connectivity index (χ1n) is 9.20. The van der Waals surface area contributed by atoms with Crippen molar-refractivity contribution >= 4 is 6.09 Å². The lowest BCUT2D eigenvalue weighted by Crippen LogP contribution is -2.38. The third-order valence-electron chi connectivity index (χ3n) is 6.53. The van der Waals surface area contributed by atoms with Crippen molar-refractivity contribution in [2.75, 3.05) is 6.54 Å². The van der Waals surface area contributed by atoms with Crippen molar-refractivity contribution in [3.05, 3.63) is 23.9 Å². The van der Waals surface area contributed by atoms with Gasteiger partial charge in [-0.2, -0.15) is 0 Å². The SMILES string of the molecule is CC(C)(C)OC(=O)N1CC2(CCC3(CC3)CC2)C2CC=CC=C21. The molecule has 1 unspecified atom stereocenters. The first kappa shape index (κ1) is 15.3. The van der Waals surface area contributed by atoms with E-state index in [-0.39, 0.29) is 6.09 Å². The zero-order valence-corrected chi connectivity index (χ0v) is 14.7. The molecule has 1 heterocycles. The molecule has 0 radical (unpaired) electrons. The summed E-state index contributed by atoms with van der Waals surface area (Å²) >= 11 is 0. The van der Waals surface area contributed by atoms with Crippen molar-refractivity contribution in [3.8, 4) is 0 Å². The van der Waals surface area contributed by atoms with Gasteiger partial charge >= 0.3 is 6.09 Å². The van der Waals surface area contributed by atoms with Gasteiger partial charge in [-0.25, -0.2) is 4.79 Å². The lowest BCUT2D eigenvalue weighted by atomic mass is 9.62. The zero-order chi connectivity index (χ0) is 16.3. The van der Waals surface area contributed by atoms with Crippen molar-refractivity contribution in [1.29, 1.82) is 0 Å². The average molecular weight is 315 g/mol. The molecule has 0 aromatic carbocycles. The largest absolute Gasteiger partial charge is 0.443 e. The number of ether oxygens (including phenoxy) is 1. The number of amides is 1. The monoisotopic (exact) mass is 315 g/mol. The van der Waals surface area contributed by atoms with Gasteiger partial charge in [-0.05, 0) is 82.6 Å². The van der Waals surface area contributed by atoms with Crippen LogP contribution in [0.15, 0.2) is 23.9 Å². The summed E-state index contributed by atoms with van der Waals surface area (Å²) in [5.41, 5.74) is 1.76. The summed E-state index contributed by atoms with van der Waals surface area (Å²) in [5, 5.41) is 0. The Morgan fingerprint density at radius 1 is 1.17 bits per heavy atom. The van der Waals surface area contributed by atoms with Crippen LogP contribution >= 0.6 is 0 Å². The van der Waals surface area contributed by atoms with Crippen molar-refractivity contribution < 1.29 is 9.53 Å². The fourth-order valence-electron chi connectivity index (χ4n) is 4.92. The highest BCUT2D eigenvalue weighted by atomic mass is 16.6. The fraction of sp³-hybridized carbons (Fsp3) is 0.750. The van der Waals surface area contributed by atoms with Crippen molar-refractivity contribution in [2.24, 2.45) is 16.7 Å². The predicted octanol–water partition coefficient (Wildman–Crippen LogP) is 5.04. The number of hydrogen-bond acceptors (Lipinski definition) is 2. The maximum Gasteiger partial charge on any atom is 0.414 e. The third kappa shape index (κ3) is 2.62. The van der Waals surface area contributed by atoms with Gasteiger partial charge in [0.2, 0.25) is 0 Å². The van der Waals surface area contributed by atoms with E-state index in [1.54, 1.807) is 0 Å². The molecule has 126 valence electrons. The Hall–Kier alpha value is -1.25. The van der Waals surface area contributed by atoms with Gasteiger partial charge in [0.25, 0.3) is 0 Å². The number of rotatable bonds is 0. The van der Waals surface area contributed by atoms with Crippen molar-refractivity contribution in [1.82, 2.24) is 4.90 Å². The van der Waals surface area contributed by atoms with Crippen LogP contribution in [0.25, 0.3) is 0 Å². The number of nitrogens with zero attached hydrogens (tertiary/aromatic N) is 1. The maximum absolute atomic E-state index is 12.7. The van der Waals surface area contributed by atoms with E-state index >= 15 is 0 Å². The van der Waals surface area contributed by atoms with E-state index in [1.807, 2.05) is 25.7 Å². The molecular weight excluding hydrogens is 286 g/mol. The molecule has 1 aliphatic heterocycles. The van der Waals surface area contributed by atoms with E-state index in [0.717, 1.165) is 13.0 Å². The van der Waals surface area contributed by atoms with Crippen molar-refractivity contribution in [2.45, 2.75) is 71.3 Å². The summed E-state index contributed by atoms with van der Waals surface area (Å²) in [6, 6.07) is 0. The number of fused-ring (bicyclic) bond motifs is 2. The quantitative estimate of drug-likeness (QED) is 0.627. The summed E-state index contributed by atoms with van der Waals surface area (Å²) in [4.78, 5) is 14.7. The lowest BCUT2D eigenvalue weighted by molar-refractivity contribution is 0.0284. The number of allylic oxidation sites excluding steroid dienone is 4. The van der Waals surface area contributed by atoms with Gasteiger partial charge in [0, 0.05) is 18.2 Å². The second kappa shape index (κ2) is 4.87. The van der Waals surface area contributed by atoms with Crippen LogP contribution in [-0.4, -0.2) is 23.1 Å². The molecule has 0 aromatic heterocycles. The van der Waals surface area contributed by atoms with Gasteiger partial charge < -0.3 is 4.74 Å². The molecule has 0 N–H and O–H groups in total. The number of carbonyl (C=O) groups is 1. The Bertz CT molecular complexity index is 567. The highest BCUT2D eigenvalue weighted by Gasteiger charge is 2.57. The van der Waals surface area contributed by atoms with Crippen LogP contribution in [0.2, 0.25) is 0 Å². The molecule has 1 amide bonds. The van der Waals surface area contributed by atoms with Crippen LogP contribution in [0.5, 0.6) is 0 Å². The normalized spacial score (nSPS) is 30.3. The van der Waals surface area contributed by atoms with E-state index < -0.39 is 5.60 Å². The molecule has 23 heavy (non-hydrogen) atoms. The highest BCUT2D eigenvalue weighted by Crippen LogP contribution is 2.64. The Morgan fingerprint density at radius 2 is 1.83 bits per heavy atom. The molecule has 0 aromatic rings. The third-order valence-corrected chi connectivity index (χ3v) is 6.53. The molecule has 1 saturated heterocycles. The number of hydrogen-bond donors (Lipinski definition) is 0. The van der Waals surface area contributed by atoms with Gasteiger partial charge in [-0.15, -0.1) is 0 Å². The summed E-state index contributed by atoms with van der Waals surface area (Å²) in [6.45, 7) is 6.69. The minimum Gasteiger partial charge on any atom is -0.443 e. The summed E-state index contributed by atoms with van der Waals surface area (Å²) in [6.07, 6.45) is 15.6. The number of carbonyl (C=O) groups excluding carboxylic acids is 1. The molecule has 4 rings (SSSR count). The molecule has 1 atom stereocenters. The minimum atomic E-state index is -0.433. The number of likely N-dealkylation sites (tertiary alicyclic amines) is 1. The van der Waals surface area contributed by atoms with Crippen LogP contribution < -0.4 is 0 Å². The van der Waals surface area contributed by atoms with Crippen LogP contribution in [-0.2, 0) is 4.74 Å². The van der Waals surface area contributed by atoms with Crippen LogP contribution in [0, 0.1) is 16.7 Å². The van der Waals surface area contributed by atoms with E-state index in [4.69, 9.17) is 4.74 Å². The van der Waals surface area contributed by atoms with Gasteiger partial charge in [-0.1, -0.05) is 12.2 Å². The average Bonchev–Trinajstić information content (AvgIpc) is 3.18. The molecule has 3 heteroatoms. The lowest BCUT2D eigenvalue weighted by Gasteiger charge is -2.41. The van der Waals surface area contributed by atoms with Crippen LogP contribution in [0.4, 0.5) is 4.79 Å².